The van der Waals surface area contributed by atoms with E-state index in [1.54, 1.807) is 0 Å². The molecule has 0 spiro atoms. The predicted octanol–water partition coefficient (Wildman–Crippen LogP) is 3.93. The molecule has 0 aromatic heterocycles. The van der Waals surface area contributed by atoms with Gasteiger partial charge in [-0.15, -0.1) is 0 Å². The molecule has 0 bridgehead atoms. The lowest BCUT2D eigenvalue weighted by molar-refractivity contribution is -0.385. The molecular weight excluding hydrogens is 560 g/mol. The summed E-state index contributed by atoms with van der Waals surface area (Å²) in [7, 11) is 0. The van der Waals surface area contributed by atoms with Crippen LogP contribution < -0.4 is 5.32 Å². The molecule has 1 aliphatic heterocycles. The largest absolute Gasteiger partial charge is 0.445 e. The van der Waals surface area contributed by atoms with Crippen molar-refractivity contribution in [1.82, 2.24) is 10.2 Å². The molecule has 0 aliphatic carbocycles. The molecule has 1 heterocycles. The van der Waals surface area contributed by atoms with Gasteiger partial charge < -0.3 is 24.8 Å². The summed E-state index contributed by atoms with van der Waals surface area (Å²) >= 11 is 1.14. The number of nitrogens with one attached hydrogen (secondary N) is 1. The van der Waals surface area contributed by atoms with E-state index in [1.807, 2.05) is 0 Å². The topological polar surface area (TPSA) is 191 Å². The van der Waals surface area contributed by atoms with Crippen molar-refractivity contribution in [3.8, 4) is 0 Å². The minimum Gasteiger partial charge on any atom is -0.445 e. The highest BCUT2D eigenvalue weighted by Crippen LogP contribution is 2.31. The Morgan fingerprint density at radius 3 is 2.05 bits per heavy atom. The summed E-state index contributed by atoms with van der Waals surface area (Å²) in [4.78, 5) is 58.5. The highest BCUT2D eigenvalue weighted by Gasteiger charge is 2.37. The zero-order chi connectivity index (χ0) is 29.9. The Morgan fingerprint density at radius 2 is 1.54 bits per heavy atom. The van der Waals surface area contributed by atoms with Gasteiger partial charge in [-0.2, -0.15) is 0 Å². The third-order valence-corrected chi connectivity index (χ3v) is 7.29. The number of benzene rings is 2. The van der Waals surface area contributed by atoms with Crippen molar-refractivity contribution >= 4 is 40.4 Å². The summed E-state index contributed by atoms with van der Waals surface area (Å²) in [5.74, 6) is 0. The molecule has 1 unspecified atom stereocenters. The molecule has 1 saturated heterocycles. The maximum Gasteiger partial charge on any atom is 0.410 e. The fourth-order valence-electron chi connectivity index (χ4n) is 4.23. The van der Waals surface area contributed by atoms with E-state index in [-0.39, 0.29) is 60.5 Å². The first-order valence-electron chi connectivity index (χ1n) is 12.7. The maximum absolute atomic E-state index is 12.9. The molecule has 1 fully saturated rings. The zero-order valence-corrected chi connectivity index (χ0v) is 23.0. The summed E-state index contributed by atoms with van der Waals surface area (Å²) < 4.78 is 10.5. The Labute approximate surface area is 239 Å². The molecule has 0 saturated carbocycles. The molecule has 2 N–H and O–H groups in total. The summed E-state index contributed by atoms with van der Waals surface area (Å²) in [5, 5.41) is 34.2. The van der Waals surface area contributed by atoms with Crippen LogP contribution in [0.25, 0.3) is 0 Å². The zero-order valence-electron chi connectivity index (χ0n) is 22.2. The van der Waals surface area contributed by atoms with Crippen LogP contribution in [0.4, 0.5) is 21.0 Å². The van der Waals surface area contributed by atoms with Crippen LogP contribution in [0.15, 0.2) is 48.5 Å². The molecule has 2 aromatic carbocycles. The Morgan fingerprint density at radius 1 is 1.00 bits per heavy atom. The first-order valence-corrected chi connectivity index (χ1v) is 13.6. The number of hydrogen-bond acceptors (Lipinski definition) is 11. The van der Waals surface area contributed by atoms with Gasteiger partial charge in [-0.1, -0.05) is 11.8 Å². The summed E-state index contributed by atoms with van der Waals surface area (Å²) in [6.07, 6.45) is -1.13. The van der Waals surface area contributed by atoms with Crippen LogP contribution >= 0.6 is 11.8 Å². The van der Waals surface area contributed by atoms with E-state index in [4.69, 9.17) is 9.47 Å². The molecule has 15 heteroatoms. The number of likely N-dealkylation sites (tertiary alicyclic amines) is 1. The van der Waals surface area contributed by atoms with Crippen LogP contribution in [-0.2, 0) is 27.5 Å². The number of non-ortho nitro benzene ring substituents is 2. The van der Waals surface area contributed by atoms with Gasteiger partial charge in [0, 0.05) is 55.6 Å². The second-order valence-electron chi connectivity index (χ2n) is 9.36. The van der Waals surface area contributed by atoms with Crippen LogP contribution in [0.5, 0.6) is 0 Å². The van der Waals surface area contributed by atoms with Gasteiger partial charge in [0.25, 0.3) is 11.4 Å². The van der Waals surface area contributed by atoms with Crippen molar-refractivity contribution in [2.24, 2.45) is 0 Å². The fourth-order valence-corrected chi connectivity index (χ4v) is 5.26. The third kappa shape index (κ3) is 10.0. The van der Waals surface area contributed by atoms with E-state index in [9.17, 15) is 39.7 Å². The number of hydrogen-bond donors (Lipinski definition) is 2. The minimum atomic E-state index is -0.931. The number of nitro benzene ring substituents is 2. The smallest absolute Gasteiger partial charge is 0.410 e. The number of aliphatic hydroxyl groups is 1. The molecule has 2 aromatic rings. The Balaban J connectivity index is 1.45. The van der Waals surface area contributed by atoms with E-state index >= 15 is 0 Å². The van der Waals surface area contributed by atoms with Crippen molar-refractivity contribution in [2.75, 3.05) is 13.1 Å². The number of carbonyl (C=O) groups is 3. The summed E-state index contributed by atoms with van der Waals surface area (Å²) in [6, 6.07) is 10.9. The van der Waals surface area contributed by atoms with Crippen LogP contribution in [0, 0.1) is 20.2 Å². The lowest BCUT2D eigenvalue weighted by atomic mass is 10.1. The molecular formula is C26H30N4O10S. The van der Waals surface area contributed by atoms with Gasteiger partial charge in [0.15, 0.2) is 5.12 Å². The van der Waals surface area contributed by atoms with Gasteiger partial charge in [-0.25, -0.2) is 9.59 Å². The first kappa shape index (κ1) is 31.3. The van der Waals surface area contributed by atoms with E-state index in [0.717, 1.165) is 11.8 Å². The molecule has 14 nitrogen and oxygen atoms in total. The SMILES string of the molecule is CC(=O)S[C@H]1C[C@H](CCC(O)CNC(=O)OCc2ccc([N+](=O)[O-])cc2)N(C(=O)OCc2ccc([N+](=O)[O-])cc2)C1. The minimum absolute atomic E-state index is 0.0745. The summed E-state index contributed by atoms with van der Waals surface area (Å²) in [5.41, 5.74) is 0.989. The van der Waals surface area contributed by atoms with Gasteiger partial charge in [-0.3, -0.25) is 25.0 Å². The first-order chi connectivity index (χ1) is 19.5. The van der Waals surface area contributed by atoms with Crippen LogP contribution in [0.3, 0.4) is 0 Å². The molecule has 41 heavy (non-hydrogen) atoms. The number of nitro groups is 2. The molecule has 0 radical (unpaired) electrons. The maximum atomic E-state index is 12.9. The molecule has 2 amide bonds. The number of nitrogens with zero attached hydrogens (tertiary/aromatic N) is 3. The van der Waals surface area contributed by atoms with Gasteiger partial charge in [0.1, 0.15) is 13.2 Å². The normalized spacial score (nSPS) is 17.0. The quantitative estimate of drug-likeness (QED) is 0.269. The highest BCUT2D eigenvalue weighted by molar-refractivity contribution is 8.14. The number of alkyl carbamates (subject to hydrolysis) is 1. The number of aliphatic hydroxyl groups excluding tert-OH is 1. The molecule has 3 rings (SSSR count). The monoisotopic (exact) mass is 590 g/mol. The lowest BCUT2D eigenvalue weighted by Gasteiger charge is -2.25. The van der Waals surface area contributed by atoms with Crippen molar-refractivity contribution in [3.05, 3.63) is 79.9 Å². The van der Waals surface area contributed by atoms with Crippen molar-refractivity contribution in [3.63, 3.8) is 0 Å². The predicted molar refractivity (Wildman–Crippen MR) is 147 cm³/mol. The molecule has 220 valence electrons. The van der Waals surface area contributed by atoms with Crippen LogP contribution in [-0.4, -0.2) is 67.6 Å². The standard InChI is InChI=1S/C26H30N4O10S/c1-17(31)41-24-12-22(28(14-24)26(34)40-16-19-4-8-21(9-5-19)30(37)38)10-11-23(32)13-27-25(33)39-15-18-2-6-20(7-3-18)29(35)36/h2-9,22-24,32H,10-16H2,1H3,(H,27,33)/t22-,23?,24-/m0/s1. The summed E-state index contributed by atoms with van der Waals surface area (Å²) in [6.45, 7) is 1.46. The van der Waals surface area contributed by atoms with Crippen molar-refractivity contribution in [2.45, 2.75) is 56.8 Å². The Bertz CT molecular complexity index is 1240. The van der Waals surface area contributed by atoms with E-state index in [2.05, 4.69) is 5.32 Å². The third-order valence-electron chi connectivity index (χ3n) is 6.28. The number of amides is 2. The van der Waals surface area contributed by atoms with Gasteiger partial charge in [0.05, 0.1) is 16.0 Å². The number of ether oxygens (including phenoxy) is 2. The molecule has 3 atom stereocenters. The van der Waals surface area contributed by atoms with E-state index in [1.165, 1.54) is 60.4 Å². The van der Waals surface area contributed by atoms with Crippen molar-refractivity contribution in [1.29, 1.82) is 0 Å². The van der Waals surface area contributed by atoms with Gasteiger partial charge in [0.2, 0.25) is 0 Å². The lowest BCUT2D eigenvalue weighted by Crippen LogP contribution is -2.38. The number of thioether (sulfide) groups is 1. The number of rotatable bonds is 12. The van der Waals surface area contributed by atoms with Gasteiger partial charge >= 0.3 is 12.2 Å². The number of carbonyl (C=O) groups excluding carboxylic acids is 3. The average molecular weight is 591 g/mol. The second kappa shape index (κ2) is 14.9. The second-order valence-corrected chi connectivity index (χ2v) is 10.8. The van der Waals surface area contributed by atoms with E-state index in [0.29, 0.717) is 24.0 Å². The van der Waals surface area contributed by atoms with Crippen molar-refractivity contribution < 1.29 is 38.8 Å². The Hall–Kier alpha value is -4.24. The average Bonchev–Trinajstić information content (AvgIpc) is 3.34. The van der Waals surface area contributed by atoms with Crippen LogP contribution in [0.2, 0.25) is 0 Å². The van der Waals surface area contributed by atoms with Gasteiger partial charge in [-0.05, 0) is 54.7 Å². The highest BCUT2D eigenvalue weighted by atomic mass is 32.2. The fraction of sp³-hybridized carbons (Fsp3) is 0.423. The molecule has 1 aliphatic rings. The van der Waals surface area contributed by atoms with Crippen LogP contribution in [0.1, 0.15) is 37.3 Å². The Kier molecular flexibility index (Phi) is 11.4. The van der Waals surface area contributed by atoms with E-state index < -0.39 is 28.1 Å².